The number of hydrogen-bond donors (Lipinski definition) is 0. The van der Waals surface area contributed by atoms with E-state index in [0.717, 1.165) is 101 Å². The standard InChI is InChI=1S/C43H82O5S/c1-5-9-13-17-19-23-31-39(30-22-15-11-7-3)43(46)47-36-28-20-24-32-40(44)33-25-21-29-37-49-38-41(34-26-16-12-8-4)48-42(45)35-27-18-14-10-6-2/h39,41H,5-38H2,1-4H3. The third-order valence-corrected chi connectivity index (χ3v) is 10.9. The molecule has 290 valence electrons. The molecule has 0 aromatic carbocycles. The molecule has 2 atom stereocenters. The second-order valence-electron chi connectivity index (χ2n) is 14.6. The monoisotopic (exact) mass is 711 g/mol. The quantitative estimate of drug-likeness (QED) is 0.0467. The van der Waals surface area contributed by atoms with E-state index in [9.17, 15) is 14.4 Å². The first kappa shape index (κ1) is 48.0. The lowest BCUT2D eigenvalue weighted by Gasteiger charge is -2.18. The van der Waals surface area contributed by atoms with Crippen molar-refractivity contribution in [1.82, 2.24) is 0 Å². The van der Waals surface area contributed by atoms with Crippen molar-refractivity contribution in [3.8, 4) is 0 Å². The molecule has 0 radical (unpaired) electrons. The van der Waals surface area contributed by atoms with Crippen molar-refractivity contribution in [2.24, 2.45) is 5.92 Å². The number of thioether (sulfide) groups is 1. The Morgan fingerprint density at radius 2 is 0.939 bits per heavy atom. The van der Waals surface area contributed by atoms with E-state index in [1.807, 2.05) is 11.8 Å². The van der Waals surface area contributed by atoms with Crippen LogP contribution in [0.4, 0.5) is 0 Å². The van der Waals surface area contributed by atoms with E-state index in [-0.39, 0.29) is 24.0 Å². The lowest BCUT2D eigenvalue weighted by molar-refractivity contribution is -0.149. The first-order valence-corrected chi connectivity index (χ1v) is 22.6. The summed E-state index contributed by atoms with van der Waals surface area (Å²) in [5.74, 6) is 2.37. The van der Waals surface area contributed by atoms with Gasteiger partial charge in [0.05, 0.1) is 12.5 Å². The van der Waals surface area contributed by atoms with Gasteiger partial charge in [-0.3, -0.25) is 14.4 Å². The van der Waals surface area contributed by atoms with Gasteiger partial charge in [0.1, 0.15) is 11.9 Å². The minimum absolute atomic E-state index is 0.0102. The van der Waals surface area contributed by atoms with Crippen LogP contribution in [0.3, 0.4) is 0 Å². The first-order chi connectivity index (χ1) is 24.0. The highest BCUT2D eigenvalue weighted by Crippen LogP contribution is 2.21. The molecule has 0 bridgehead atoms. The number of carbonyl (C=O) groups excluding carboxylic acids is 3. The molecule has 2 unspecified atom stereocenters. The van der Waals surface area contributed by atoms with E-state index in [0.29, 0.717) is 31.7 Å². The number of unbranched alkanes of at least 4 members (excludes halogenated alkanes) is 19. The zero-order valence-electron chi connectivity index (χ0n) is 33.1. The molecule has 0 amide bonds. The van der Waals surface area contributed by atoms with Crippen LogP contribution in [-0.2, 0) is 23.9 Å². The zero-order valence-corrected chi connectivity index (χ0v) is 34.0. The average molecular weight is 711 g/mol. The van der Waals surface area contributed by atoms with Crippen molar-refractivity contribution in [3.05, 3.63) is 0 Å². The van der Waals surface area contributed by atoms with Crippen LogP contribution in [0.25, 0.3) is 0 Å². The first-order valence-electron chi connectivity index (χ1n) is 21.4. The summed E-state index contributed by atoms with van der Waals surface area (Å²) in [7, 11) is 0. The average Bonchev–Trinajstić information content (AvgIpc) is 3.09. The number of rotatable bonds is 39. The molecule has 0 heterocycles. The summed E-state index contributed by atoms with van der Waals surface area (Å²) in [5.41, 5.74) is 0. The molecule has 0 aromatic heterocycles. The third kappa shape index (κ3) is 33.8. The van der Waals surface area contributed by atoms with Gasteiger partial charge in [0, 0.05) is 25.0 Å². The summed E-state index contributed by atoms with van der Waals surface area (Å²) >= 11 is 1.90. The van der Waals surface area contributed by atoms with Gasteiger partial charge >= 0.3 is 11.9 Å². The van der Waals surface area contributed by atoms with Gasteiger partial charge in [0.15, 0.2) is 0 Å². The Morgan fingerprint density at radius 1 is 0.490 bits per heavy atom. The second kappa shape index (κ2) is 38.2. The summed E-state index contributed by atoms with van der Waals surface area (Å²) in [4.78, 5) is 37.7. The minimum atomic E-state index is -0.0160. The molecular weight excluding hydrogens is 629 g/mol. The SMILES string of the molecule is CCCCCCCCC(CCCCCC)C(=O)OCCCCCC(=O)CCCCCSCC(CCCCCC)OC(=O)CCCCCCC. The number of hydrogen-bond acceptors (Lipinski definition) is 6. The molecule has 0 rings (SSSR count). The molecule has 0 saturated heterocycles. The number of carbonyl (C=O) groups is 3. The zero-order chi connectivity index (χ0) is 36.0. The summed E-state index contributed by atoms with van der Waals surface area (Å²) in [6.45, 7) is 9.40. The molecule has 0 fully saturated rings. The molecule has 49 heavy (non-hydrogen) atoms. The van der Waals surface area contributed by atoms with Crippen molar-refractivity contribution in [2.45, 2.75) is 233 Å². The van der Waals surface area contributed by atoms with Gasteiger partial charge in [0.2, 0.25) is 0 Å². The van der Waals surface area contributed by atoms with Crippen molar-refractivity contribution in [1.29, 1.82) is 0 Å². The predicted octanol–water partition coefficient (Wildman–Crippen LogP) is 13.5. The van der Waals surface area contributed by atoms with E-state index in [4.69, 9.17) is 9.47 Å². The summed E-state index contributed by atoms with van der Waals surface area (Å²) in [6, 6.07) is 0. The fourth-order valence-electron chi connectivity index (χ4n) is 6.40. The third-order valence-electron chi connectivity index (χ3n) is 9.70. The Balaban J connectivity index is 4.07. The van der Waals surface area contributed by atoms with Gasteiger partial charge in [-0.15, -0.1) is 0 Å². The maximum atomic E-state index is 12.8. The largest absolute Gasteiger partial charge is 0.465 e. The molecular formula is C43H82O5S. The predicted molar refractivity (Wildman–Crippen MR) is 212 cm³/mol. The highest BCUT2D eigenvalue weighted by atomic mass is 32.2. The number of ketones is 1. The lowest BCUT2D eigenvalue weighted by atomic mass is 9.94. The van der Waals surface area contributed by atoms with Crippen molar-refractivity contribution in [3.63, 3.8) is 0 Å². The van der Waals surface area contributed by atoms with E-state index < -0.39 is 0 Å². The van der Waals surface area contributed by atoms with Gasteiger partial charge in [-0.05, 0) is 70.0 Å². The van der Waals surface area contributed by atoms with Gasteiger partial charge in [0.25, 0.3) is 0 Å². The van der Waals surface area contributed by atoms with Crippen LogP contribution in [-0.4, -0.2) is 41.9 Å². The molecule has 0 spiro atoms. The molecule has 0 N–H and O–H groups in total. The maximum absolute atomic E-state index is 12.8. The molecule has 0 aliphatic carbocycles. The number of ether oxygens (including phenoxy) is 2. The van der Waals surface area contributed by atoms with Crippen molar-refractivity contribution < 1.29 is 23.9 Å². The second-order valence-corrected chi connectivity index (χ2v) is 15.8. The maximum Gasteiger partial charge on any atom is 0.308 e. The fourth-order valence-corrected chi connectivity index (χ4v) is 7.47. The Morgan fingerprint density at radius 3 is 1.53 bits per heavy atom. The van der Waals surface area contributed by atoms with Crippen molar-refractivity contribution >= 4 is 29.5 Å². The van der Waals surface area contributed by atoms with Crippen LogP contribution in [0, 0.1) is 5.92 Å². The molecule has 0 aliphatic heterocycles. The van der Waals surface area contributed by atoms with Gasteiger partial charge in [-0.2, -0.15) is 11.8 Å². The highest BCUT2D eigenvalue weighted by Gasteiger charge is 2.19. The van der Waals surface area contributed by atoms with Crippen molar-refractivity contribution in [2.75, 3.05) is 18.1 Å². The minimum Gasteiger partial charge on any atom is -0.465 e. The van der Waals surface area contributed by atoms with Crippen LogP contribution in [0.2, 0.25) is 0 Å². The van der Waals surface area contributed by atoms with Gasteiger partial charge < -0.3 is 9.47 Å². The Bertz CT molecular complexity index is 742. The molecule has 6 heteroatoms. The van der Waals surface area contributed by atoms with E-state index in [1.165, 1.54) is 89.9 Å². The topological polar surface area (TPSA) is 69.7 Å². The lowest BCUT2D eigenvalue weighted by Crippen LogP contribution is -2.21. The Kier molecular flexibility index (Phi) is 37.4. The molecule has 0 aromatic rings. The van der Waals surface area contributed by atoms with E-state index in [2.05, 4.69) is 27.7 Å². The van der Waals surface area contributed by atoms with Crippen LogP contribution in [0.5, 0.6) is 0 Å². The van der Waals surface area contributed by atoms with Gasteiger partial charge in [-0.1, -0.05) is 143 Å². The molecule has 5 nitrogen and oxygen atoms in total. The van der Waals surface area contributed by atoms with Crippen LogP contribution < -0.4 is 0 Å². The van der Waals surface area contributed by atoms with Crippen LogP contribution >= 0.6 is 11.8 Å². The summed E-state index contributed by atoms with van der Waals surface area (Å²) in [6.07, 6.45) is 33.5. The van der Waals surface area contributed by atoms with Crippen LogP contribution in [0.1, 0.15) is 227 Å². The molecule has 0 aliphatic rings. The summed E-state index contributed by atoms with van der Waals surface area (Å²) < 4.78 is 11.6. The van der Waals surface area contributed by atoms with Crippen LogP contribution in [0.15, 0.2) is 0 Å². The number of esters is 2. The Hall–Kier alpha value is -1.04. The van der Waals surface area contributed by atoms with E-state index >= 15 is 0 Å². The Labute approximate surface area is 309 Å². The van der Waals surface area contributed by atoms with Gasteiger partial charge in [-0.25, -0.2) is 0 Å². The fraction of sp³-hybridized carbons (Fsp3) is 0.930. The smallest absolute Gasteiger partial charge is 0.308 e. The summed E-state index contributed by atoms with van der Waals surface area (Å²) in [5, 5.41) is 0. The van der Waals surface area contributed by atoms with E-state index in [1.54, 1.807) is 0 Å². The normalized spacial score (nSPS) is 12.6. The molecule has 0 saturated carbocycles. The number of Topliss-reactive ketones (excluding diaryl/α,β-unsaturated/α-hetero) is 1. The highest BCUT2D eigenvalue weighted by molar-refractivity contribution is 7.99.